The Labute approximate surface area is 60.8 Å². The van der Waals surface area contributed by atoms with E-state index in [0.29, 0.717) is 0 Å². The van der Waals surface area contributed by atoms with Gasteiger partial charge in [-0.05, 0) is 25.3 Å². The van der Waals surface area contributed by atoms with Gasteiger partial charge in [0.05, 0.1) is 12.9 Å². The third-order valence-electron chi connectivity index (χ3n) is 1.69. The van der Waals surface area contributed by atoms with Crippen LogP contribution in [0.5, 0.6) is 0 Å². The fourth-order valence-electron chi connectivity index (χ4n) is 0.971. The first-order valence-corrected chi connectivity index (χ1v) is 3.50. The molecule has 0 radical (unpaired) electrons. The average molecular weight is 143 g/mol. The summed E-state index contributed by atoms with van der Waals surface area (Å²) in [4.78, 5) is 4.64. The third-order valence-corrected chi connectivity index (χ3v) is 1.69. The van der Waals surface area contributed by atoms with Crippen molar-refractivity contribution in [2.75, 3.05) is 6.61 Å². The zero-order valence-electron chi connectivity index (χ0n) is 6.17. The Morgan fingerprint density at radius 3 is 3.10 bits per heavy atom. The van der Waals surface area contributed by atoms with Crippen LogP contribution in [0, 0.1) is 0 Å². The van der Waals surface area contributed by atoms with Crippen LogP contribution >= 0.6 is 0 Å². The summed E-state index contributed by atoms with van der Waals surface area (Å²) in [6, 6.07) is 0. The number of rotatable bonds is 2. The lowest BCUT2D eigenvalue weighted by Gasteiger charge is -2.17. The second-order valence-corrected chi connectivity index (χ2v) is 2.45. The minimum Gasteiger partial charge on any atom is -0.501 e. The van der Waals surface area contributed by atoms with Gasteiger partial charge in [-0.3, -0.25) is 4.84 Å². The fourth-order valence-corrected chi connectivity index (χ4v) is 0.971. The molecule has 2 N–H and O–H groups in total. The van der Waals surface area contributed by atoms with Crippen molar-refractivity contribution < 1.29 is 9.57 Å². The molecule has 58 valence electrons. The summed E-state index contributed by atoms with van der Waals surface area (Å²) in [7, 11) is 0. The predicted molar refractivity (Wildman–Crippen MR) is 38.0 cm³/mol. The first kappa shape index (κ1) is 7.57. The molecule has 0 saturated carbocycles. The van der Waals surface area contributed by atoms with E-state index in [4.69, 9.17) is 10.6 Å². The maximum atomic E-state index is 5.11. The van der Waals surface area contributed by atoms with Gasteiger partial charge in [0.25, 0.3) is 0 Å². The van der Waals surface area contributed by atoms with Crippen LogP contribution in [0.2, 0.25) is 0 Å². The second-order valence-electron chi connectivity index (χ2n) is 2.45. The maximum Gasteiger partial charge on any atom is 0.100 e. The van der Waals surface area contributed by atoms with Crippen molar-refractivity contribution in [2.45, 2.75) is 25.9 Å². The van der Waals surface area contributed by atoms with Crippen LogP contribution in [0.1, 0.15) is 19.8 Å². The molecule has 0 fully saturated rings. The molecular formula is C7H13NO2. The summed E-state index contributed by atoms with van der Waals surface area (Å²) in [5.41, 5.74) is 1.15. The van der Waals surface area contributed by atoms with Gasteiger partial charge >= 0.3 is 0 Å². The van der Waals surface area contributed by atoms with Gasteiger partial charge in [-0.25, -0.2) is 5.90 Å². The molecule has 3 heteroatoms. The molecule has 1 unspecified atom stereocenters. The molecule has 0 aromatic heterocycles. The van der Waals surface area contributed by atoms with Crippen molar-refractivity contribution in [2.24, 2.45) is 5.90 Å². The molecule has 0 spiro atoms. The van der Waals surface area contributed by atoms with Gasteiger partial charge in [-0.1, -0.05) is 0 Å². The Bertz CT molecular complexity index is 134. The Kier molecular flexibility index (Phi) is 2.71. The number of ether oxygens (including phenoxy) is 1. The summed E-state index contributed by atoms with van der Waals surface area (Å²) in [6.07, 6.45) is 3.86. The van der Waals surface area contributed by atoms with Gasteiger partial charge in [-0.2, -0.15) is 0 Å². The van der Waals surface area contributed by atoms with E-state index >= 15 is 0 Å². The Morgan fingerprint density at radius 2 is 2.60 bits per heavy atom. The van der Waals surface area contributed by atoms with Crippen LogP contribution in [0.4, 0.5) is 0 Å². The van der Waals surface area contributed by atoms with E-state index in [0.717, 1.165) is 25.0 Å². The van der Waals surface area contributed by atoms with E-state index in [9.17, 15) is 0 Å². The molecule has 0 aromatic rings. The first-order chi connectivity index (χ1) is 4.84. The number of hydrogen-bond acceptors (Lipinski definition) is 3. The van der Waals surface area contributed by atoms with Crippen molar-refractivity contribution in [3.8, 4) is 0 Å². The highest BCUT2D eigenvalue weighted by Crippen LogP contribution is 2.16. The average Bonchev–Trinajstić information content (AvgIpc) is 2.05. The lowest BCUT2D eigenvalue weighted by atomic mass is 10.1. The van der Waals surface area contributed by atoms with E-state index < -0.39 is 0 Å². The molecular weight excluding hydrogens is 130 g/mol. The van der Waals surface area contributed by atoms with Gasteiger partial charge < -0.3 is 4.74 Å². The Morgan fingerprint density at radius 1 is 1.80 bits per heavy atom. The molecule has 10 heavy (non-hydrogen) atoms. The highest BCUT2D eigenvalue weighted by atomic mass is 16.6. The standard InChI is InChI=1S/C7H13NO2/c1-6(10-8)7-3-2-4-9-5-7/h5-6H,2-4,8H2,1H3. The van der Waals surface area contributed by atoms with E-state index in [1.54, 1.807) is 6.26 Å². The van der Waals surface area contributed by atoms with Crippen LogP contribution in [0.3, 0.4) is 0 Å². The minimum absolute atomic E-state index is 0.000278. The van der Waals surface area contributed by atoms with Gasteiger partial charge in [0, 0.05) is 0 Å². The normalized spacial score (nSPS) is 21.2. The largest absolute Gasteiger partial charge is 0.501 e. The number of hydrogen-bond donors (Lipinski definition) is 1. The minimum atomic E-state index is 0.000278. The molecule has 1 aliphatic heterocycles. The van der Waals surface area contributed by atoms with E-state index in [2.05, 4.69) is 4.84 Å². The van der Waals surface area contributed by atoms with Crippen molar-refractivity contribution >= 4 is 0 Å². The third kappa shape index (κ3) is 1.72. The van der Waals surface area contributed by atoms with E-state index in [1.807, 2.05) is 6.92 Å². The van der Waals surface area contributed by atoms with Crippen LogP contribution in [-0.2, 0) is 9.57 Å². The van der Waals surface area contributed by atoms with Crippen LogP contribution in [-0.4, -0.2) is 12.7 Å². The lowest BCUT2D eigenvalue weighted by molar-refractivity contribution is 0.0799. The zero-order chi connectivity index (χ0) is 7.40. The summed E-state index contributed by atoms with van der Waals surface area (Å²) < 4.78 is 5.11. The zero-order valence-corrected chi connectivity index (χ0v) is 6.17. The molecule has 0 aliphatic carbocycles. The highest BCUT2D eigenvalue weighted by Gasteiger charge is 2.11. The smallest absolute Gasteiger partial charge is 0.100 e. The Hall–Kier alpha value is -0.540. The van der Waals surface area contributed by atoms with Crippen molar-refractivity contribution in [1.29, 1.82) is 0 Å². The summed E-state index contributed by atoms with van der Waals surface area (Å²) >= 11 is 0. The second kappa shape index (κ2) is 3.58. The molecule has 1 aliphatic rings. The predicted octanol–water partition coefficient (Wildman–Crippen LogP) is 0.960. The van der Waals surface area contributed by atoms with E-state index in [1.165, 1.54) is 0 Å². The van der Waals surface area contributed by atoms with Gasteiger partial charge in [0.1, 0.15) is 6.10 Å². The Balaban J connectivity index is 2.44. The maximum absolute atomic E-state index is 5.11. The molecule has 1 heterocycles. The molecule has 1 rings (SSSR count). The van der Waals surface area contributed by atoms with E-state index in [-0.39, 0.29) is 6.10 Å². The van der Waals surface area contributed by atoms with Crippen LogP contribution in [0.15, 0.2) is 11.8 Å². The summed E-state index contributed by atoms with van der Waals surface area (Å²) in [6.45, 7) is 2.74. The van der Waals surface area contributed by atoms with Crippen molar-refractivity contribution in [1.82, 2.24) is 0 Å². The molecule has 0 amide bonds. The molecule has 0 aromatic carbocycles. The molecule has 0 bridgehead atoms. The van der Waals surface area contributed by atoms with Crippen molar-refractivity contribution in [3.05, 3.63) is 11.8 Å². The van der Waals surface area contributed by atoms with Gasteiger partial charge in [-0.15, -0.1) is 0 Å². The monoisotopic (exact) mass is 143 g/mol. The summed E-state index contributed by atoms with van der Waals surface area (Å²) in [5, 5.41) is 0. The first-order valence-electron chi connectivity index (χ1n) is 3.50. The van der Waals surface area contributed by atoms with Crippen LogP contribution < -0.4 is 5.90 Å². The molecule has 1 atom stereocenters. The lowest BCUT2D eigenvalue weighted by Crippen LogP contribution is -2.18. The quantitative estimate of drug-likeness (QED) is 0.585. The summed E-state index contributed by atoms with van der Waals surface area (Å²) in [5.74, 6) is 5.01. The number of nitrogens with two attached hydrogens (primary N) is 1. The van der Waals surface area contributed by atoms with Gasteiger partial charge in [0.2, 0.25) is 0 Å². The fraction of sp³-hybridized carbons (Fsp3) is 0.714. The molecule has 3 nitrogen and oxygen atoms in total. The highest BCUT2D eigenvalue weighted by molar-refractivity contribution is 5.05. The van der Waals surface area contributed by atoms with Crippen molar-refractivity contribution in [3.63, 3.8) is 0 Å². The van der Waals surface area contributed by atoms with Crippen LogP contribution in [0.25, 0.3) is 0 Å². The topological polar surface area (TPSA) is 44.5 Å². The van der Waals surface area contributed by atoms with Gasteiger partial charge in [0.15, 0.2) is 0 Å². The molecule has 0 saturated heterocycles. The SMILES string of the molecule is CC(ON)C1=COCCC1.